The van der Waals surface area contributed by atoms with E-state index in [-0.39, 0.29) is 37.6 Å². The largest absolute Gasteiger partial charge is 0.334 e. The van der Waals surface area contributed by atoms with Gasteiger partial charge in [-0.3, -0.25) is 14.4 Å². The normalized spacial score (nSPS) is 10.4. The second-order valence-electron chi connectivity index (χ2n) is 6.34. The summed E-state index contributed by atoms with van der Waals surface area (Å²) in [6.07, 6.45) is -0.0379. The molecular weight excluding hydrogens is 366 g/mol. The van der Waals surface area contributed by atoms with Crippen LogP contribution in [0.1, 0.15) is 35.7 Å². The van der Waals surface area contributed by atoms with Crippen molar-refractivity contribution in [2.45, 2.75) is 26.7 Å². The Morgan fingerprint density at radius 1 is 0.964 bits per heavy atom. The van der Waals surface area contributed by atoms with Crippen LogP contribution in [0.25, 0.3) is 0 Å². The van der Waals surface area contributed by atoms with E-state index in [0.717, 1.165) is 17.7 Å². The van der Waals surface area contributed by atoms with Crippen molar-refractivity contribution in [2.24, 2.45) is 0 Å². The van der Waals surface area contributed by atoms with Gasteiger partial charge in [0.2, 0.25) is 11.8 Å². The van der Waals surface area contributed by atoms with Crippen LogP contribution in [0.3, 0.4) is 0 Å². The van der Waals surface area contributed by atoms with Gasteiger partial charge in [-0.1, -0.05) is 35.9 Å². The van der Waals surface area contributed by atoms with Crippen LogP contribution in [0.15, 0.2) is 42.5 Å². The predicted octanol–water partition coefficient (Wildman–Crippen LogP) is 3.72. The molecule has 0 atom stereocenters. The molecule has 0 aliphatic carbocycles. The fourth-order valence-corrected chi connectivity index (χ4v) is 2.61. The molecule has 0 saturated carbocycles. The molecule has 28 heavy (non-hydrogen) atoms. The van der Waals surface area contributed by atoms with E-state index in [0.29, 0.717) is 5.56 Å². The van der Waals surface area contributed by atoms with Crippen LogP contribution in [0.4, 0.5) is 14.5 Å². The lowest BCUT2D eigenvalue weighted by Crippen LogP contribution is -2.38. The molecule has 2 aromatic carbocycles. The van der Waals surface area contributed by atoms with Gasteiger partial charge in [0.15, 0.2) is 5.78 Å². The maximum absolute atomic E-state index is 13.6. The average molecular weight is 388 g/mol. The number of nitrogens with zero attached hydrogens (tertiary/aromatic N) is 1. The van der Waals surface area contributed by atoms with E-state index in [1.807, 2.05) is 19.1 Å². The van der Waals surface area contributed by atoms with Gasteiger partial charge in [-0.05, 0) is 26.0 Å². The van der Waals surface area contributed by atoms with Gasteiger partial charge < -0.3 is 10.2 Å². The van der Waals surface area contributed by atoms with E-state index in [4.69, 9.17) is 0 Å². The fourth-order valence-electron chi connectivity index (χ4n) is 2.61. The standard InChI is InChI=1S/C21H22F2N2O3/c1-3-25(13-19(27)24-21-16(22)5-4-6-17(21)23)20(28)12-11-18(26)15-9-7-14(2)8-10-15/h4-10H,3,11-13H2,1-2H3,(H,24,27). The fraction of sp³-hybridized carbons (Fsp3) is 0.286. The van der Waals surface area contributed by atoms with Crippen molar-refractivity contribution >= 4 is 23.3 Å². The van der Waals surface area contributed by atoms with E-state index >= 15 is 0 Å². The number of ketones is 1. The van der Waals surface area contributed by atoms with E-state index in [1.165, 1.54) is 11.0 Å². The molecule has 2 rings (SSSR count). The molecular formula is C21H22F2N2O3. The number of hydrogen-bond donors (Lipinski definition) is 1. The van der Waals surface area contributed by atoms with E-state index in [1.54, 1.807) is 19.1 Å². The number of carbonyl (C=O) groups is 3. The first-order chi connectivity index (χ1) is 13.3. The van der Waals surface area contributed by atoms with Gasteiger partial charge in [0.05, 0.1) is 6.54 Å². The zero-order valence-corrected chi connectivity index (χ0v) is 15.8. The molecule has 0 aliphatic heterocycles. The summed E-state index contributed by atoms with van der Waals surface area (Å²) in [4.78, 5) is 37.8. The molecule has 0 unspecified atom stereocenters. The molecule has 7 heteroatoms. The second kappa shape index (κ2) is 9.73. The Morgan fingerprint density at radius 2 is 1.57 bits per heavy atom. The van der Waals surface area contributed by atoms with Crippen LogP contribution in [-0.4, -0.2) is 35.6 Å². The number of halogens is 2. The average Bonchev–Trinajstić information content (AvgIpc) is 2.67. The Labute approximate surface area is 162 Å². The monoisotopic (exact) mass is 388 g/mol. The molecule has 2 amide bonds. The molecule has 148 valence electrons. The summed E-state index contributed by atoms with van der Waals surface area (Å²) in [5.74, 6) is -3.06. The molecule has 0 bridgehead atoms. The summed E-state index contributed by atoms with van der Waals surface area (Å²) in [6.45, 7) is 3.46. The van der Waals surface area contributed by atoms with Crippen molar-refractivity contribution < 1.29 is 23.2 Å². The molecule has 0 aromatic heterocycles. The first kappa shape index (κ1) is 21.2. The molecule has 0 radical (unpaired) electrons. The summed E-state index contributed by atoms with van der Waals surface area (Å²) >= 11 is 0. The van der Waals surface area contributed by atoms with Gasteiger partial charge in [-0.25, -0.2) is 8.78 Å². The molecule has 0 fully saturated rings. The Balaban J connectivity index is 1.91. The third-order valence-corrected chi connectivity index (χ3v) is 4.24. The lowest BCUT2D eigenvalue weighted by Gasteiger charge is -2.20. The number of benzene rings is 2. The summed E-state index contributed by atoms with van der Waals surface area (Å²) in [7, 11) is 0. The third-order valence-electron chi connectivity index (χ3n) is 4.24. The van der Waals surface area contributed by atoms with Gasteiger partial charge in [-0.15, -0.1) is 0 Å². The lowest BCUT2D eigenvalue weighted by atomic mass is 10.0. The SMILES string of the molecule is CCN(CC(=O)Nc1c(F)cccc1F)C(=O)CCC(=O)c1ccc(C)cc1. The van der Waals surface area contributed by atoms with Gasteiger partial charge in [0, 0.05) is 24.9 Å². The van der Waals surface area contributed by atoms with Crippen LogP contribution in [0.5, 0.6) is 0 Å². The number of para-hydroxylation sites is 1. The van der Waals surface area contributed by atoms with E-state index in [9.17, 15) is 23.2 Å². The van der Waals surface area contributed by atoms with Crippen LogP contribution >= 0.6 is 0 Å². The molecule has 5 nitrogen and oxygen atoms in total. The Bertz CT molecular complexity index is 846. The second-order valence-corrected chi connectivity index (χ2v) is 6.34. The summed E-state index contributed by atoms with van der Waals surface area (Å²) < 4.78 is 27.2. The quantitative estimate of drug-likeness (QED) is 0.701. The summed E-state index contributed by atoms with van der Waals surface area (Å²) in [5, 5.41) is 2.14. The molecule has 0 spiro atoms. The van der Waals surface area contributed by atoms with E-state index in [2.05, 4.69) is 5.32 Å². The molecule has 0 heterocycles. The first-order valence-electron chi connectivity index (χ1n) is 8.93. The number of Topliss-reactive ketones (excluding diaryl/α,β-unsaturated/α-hetero) is 1. The van der Waals surface area contributed by atoms with Gasteiger partial charge >= 0.3 is 0 Å². The maximum Gasteiger partial charge on any atom is 0.244 e. The van der Waals surface area contributed by atoms with Crippen LogP contribution in [-0.2, 0) is 9.59 Å². The number of carbonyl (C=O) groups excluding carboxylic acids is 3. The number of likely N-dealkylation sites (N-methyl/N-ethyl adjacent to an activating group) is 1. The minimum absolute atomic E-state index is 0.0158. The topological polar surface area (TPSA) is 66.5 Å². The third kappa shape index (κ3) is 5.70. The van der Waals surface area contributed by atoms with Crippen molar-refractivity contribution in [1.29, 1.82) is 0 Å². The molecule has 0 aliphatic rings. The number of nitrogens with one attached hydrogen (secondary N) is 1. The highest BCUT2D eigenvalue weighted by Gasteiger charge is 2.19. The lowest BCUT2D eigenvalue weighted by molar-refractivity contribution is -0.134. The zero-order valence-electron chi connectivity index (χ0n) is 15.8. The van der Waals surface area contributed by atoms with Gasteiger partial charge in [0.25, 0.3) is 0 Å². The number of amides is 2. The minimum Gasteiger partial charge on any atom is -0.334 e. The number of anilines is 1. The first-order valence-corrected chi connectivity index (χ1v) is 8.93. The molecule has 2 aromatic rings. The number of aryl methyl sites for hydroxylation is 1. The maximum atomic E-state index is 13.6. The Kier molecular flexibility index (Phi) is 7.37. The van der Waals surface area contributed by atoms with Gasteiger partial charge in [-0.2, -0.15) is 0 Å². The molecule has 0 saturated heterocycles. The highest BCUT2D eigenvalue weighted by atomic mass is 19.1. The summed E-state index contributed by atoms with van der Waals surface area (Å²) in [5.41, 5.74) is 1.00. The zero-order chi connectivity index (χ0) is 20.7. The Hall–Kier alpha value is -3.09. The van der Waals surface area contributed by atoms with Crippen molar-refractivity contribution in [1.82, 2.24) is 4.90 Å². The number of rotatable bonds is 8. The number of hydrogen-bond acceptors (Lipinski definition) is 3. The van der Waals surface area contributed by atoms with Crippen LogP contribution < -0.4 is 5.32 Å². The van der Waals surface area contributed by atoms with E-state index < -0.39 is 23.2 Å². The molecule has 1 N–H and O–H groups in total. The smallest absolute Gasteiger partial charge is 0.244 e. The highest BCUT2D eigenvalue weighted by molar-refractivity contribution is 5.99. The summed E-state index contributed by atoms with van der Waals surface area (Å²) in [6, 6.07) is 10.3. The van der Waals surface area contributed by atoms with Crippen LogP contribution in [0, 0.1) is 18.6 Å². The van der Waals surface area contributed by atoms with Crippen molar-refractivity contribution in [3.8, 4) is 0 Å². The van der Waals surface area contributed by atoms with Crippen molar-refractivity contribution in [2.75, 3.05) is 18.4 Å². The minimum atomic E-state index is -0.897. The van der Waals surface area contributed by atoms with Crippen LogP contribution in [0.2, 0.25) is 0 Å². The predicted molar refractivity (Wildman–Crippen MR) is 102 cm³/mol. The highest BCUT2D eigenvalue weighted by Crippen LogP contribution is 2.18. The van der Waals surface area contributed by atoms with Crippen molar-refractivity contribution in [3.63, 3.8) is 0 Å². The van der Waals surface area contributed by atoms with Gasteiger partial charge in [0.1, 0.15) is 17.3 Å². The Morgan fingerprint density at radius 3 is 2.14 bits per heavy atom. The van der Waals surface area contributed by atoms with Crippen molar-refractivity contribution in [3.05, 3.63) is 65.2 Å².